The van der Waals surface area contributed by atoms with E-state index < -0.39 is 0 Å². The first kappa shape index (κ1) is 12.6. The molecule has 0 radical (unpaired) electrons. The topological polar surface area (TPSA) is 29.1 Å². The van der Waals surface area contributed by atoms with Crippen LogP contribution in [0.3, 0.4) is 0 Å². The molecule has 1 aromatic rings. The molecule has 1 rings (SSSR count). The van der Waals surface area contributed by atoms with Crippen LogP contribution in [0.15, 0.2) is 16.6 Å². The first-order valence-electron chi connectivity index (χ1n) is 4.67. The largest absolute Gasteiger partial charge is 0.325 e. The second-order valence-electron chi connectivity index (χ2n) is 3.58. The Morgan fingerprint density at radius 3 is 2.27 bits per heavy atom. The molecular weight excluding hydrogens is 274 g/mol. The van der Waals surface area contributed by atoms with Crippen molar-refractivity contribution in [2.45, 2.75) is 26.0 Å². The van der Waals surface area contributed by atoms with Crippen molar-refractivity contribution >= 4 is 40.2 Å². The maximum Gasteiger partial charge on any atom is 0.236 e. The number of amides is 1. The van der Waals surface area contributed by atoms with Crippen LogP contribution in [-0.2, 0) is 4.79 Å². The van der Waals surface area contributed by atoms with Crippen LogP contribution in [0.5, 0.6) is 0 Å². The van der Waals surface area contributed by atoms with Crippen LogP contribution in [0.4, 0.5) is 5.69 Å². The van der Waals surface area contributed by atoms with E-state index in [4.69, 9.17) is 0 Å². The summed E-state index contributed by atoms with van der Waals surface area (Å²) in [5.41, 5.74) is 2.97. The molecular formula is C11H14BrNOS. The van der Waals surface area contributed by atoms with Crippen LogP contribution < -0.4 is 5.32 Å². The molecule has 0 bridgehead atoms. The number of anilines is 1. The van der Waals surface area contributed by atoms with E-state index in [9.17, 15) is 4.79 Å². The highest BCUT2D eigenvalue weighted by Gasteiger charge is 2.11. The summed E-state index contributed by atoms with van der Waals surface area (Å²) in [6, 6.07) is 3.96. The maximum atomic E-state index is 11.5. The third-order valence-electron chi connectivity index (χ3n) is 2.13. The highest BCUT2D eigenvalue weighted by Crippen LogP contribution is 2.25. The Morgan fingerprint density at radius 1 is 1.40 bits per heavy atom. The Labute approximate surface area is 104 Å². The predicted octanol–water partition coefficient (Wildman–Crippen LogP) is 3.32. The molecule has 0 aromatic heterocycles. The molecule has 0 heterocycles. The van der Waals surface area contributed by atoms with E-state index in [2.05, 4.69) is 33.9 Å². The summed E-state index contributed by atoms with van der Waals surface area (Å²) in [4.78, 5) is 11.5. The number of hydrogen-bond acceptors (Lipinski definition) is 2. The van der Waals surface area contributed by atoms with E-state index in [0.29, 0.717) is 0 Å². The van der Waals surface area contributed by atoms with Crippen LogP contribution in [-0.4, -0.2) is 11.2 Å². The predicted molar refractivity (Wildman–Crippen MR) is 70.7 cm³/mol. The van der Waals surface area contributed by atoms with E-state index >= 15 is 0 Å². The summed E-state index contributed by atoms with van der Waals surface area (Å²) < 4.78 is 1.02. The van der Waals surface area contributed by atoms with Gasteiger partial charge in [0.1, 0.15) is 0 Å². The lowest BCUT2D eigenvalue weighted by Gasteiger charge is -2.13. The summed E-state index contributed by atoms with van der Waals surface area (Å²) in [5.74, 6) is -0.0770. The van der Waals surface area contributed by atoms with Crippen molar-refractivity contribution in [3.8, 4) is 0 Å². The van der Waals surface area contributed by atoms with Gasteiger partial charge in [0.15, 0.2) is 0 Å². The molecule has 1 N–H and O–H groups in total. The summed E-state index contributed by atoms with van der Waals surface area (Å²) in [6.07, 6.45) is 0. The molecule has 0 aliphatic carbocycles. The van der Waals surface area contributed by atoms with Crippen molar-refractivity contribution in [2.75, 3.05) is 5.32 Å². The molecule has 4 heteroatoms. The standard InChI is InChI=1S/C11H14BrNOS/c1-6-4-9(12)5-7(2)10(6)13-11(14)8(3)15/h4-5,8,15H,1-3H3,(H,13,14). The number of halogens is 1. The lowest BCUT2D eigenvalue weighted by molar-refractivity contribution is -0.115. The minimum absolute atomic E-state index is 0.0770. The summed E-state index contributed by atoms with van der Waals surface area (Å²) in [6.45, 7) is 5.69. The van der Waals surface area contributed by atoms with Gasteiger partial charge < -0.3 is 5.32 Å². The van der Waals surface area contributed by atoms with E-state index in [1.165, 1.54) is 0 Å². The average Bonchev–Trinajstić information content (AvgIpc) is 2.10. The molecule has 0 spiro atoms. The van der Waals surface area contributed by atoms with Gasteiger partial charge in [0, 0.05) is 10.2 Å². The number of rotatable bonds is 2. The van der Waals surface area contributed by atoms with Crippen LogP contribution in [0.25, 0.3) is 0 Å². The Hall–Kier alpha value is -0.480. The fraction of sp³-hybridized carbons (Fsp3) is 0.364. The first-order chi connectivity index (χ1) is 6.91. The molecule has 2 nitrogen and oxygen atoms in total. The van der Waals surface area contributed by atoms with Gasteiger partial charge in [-0.1, -0.05) is 15.9 Å². The van der Waals surface area contributed by atoms with Gasteiger partial charge >= 0.3 is 0 Å². The molecule has 15 heavy (non-hydrogen) atoms. The lowest BCUT2D eigenvalue weighted by Crippen LogP contribution is -2.21. The highest BCUT2D eigenvalue weighted by atomic mass is 79.9. The SMILES string of the molecule is Cc1cc(Br)cc(C)c1NC(=O)C(C)S. The lowest BCUT2D eigenvalue weighted by atomic mass is 10.1. The van der Waals surface area contributed by atoms with Crippen molar-refractivity contribution in [1.29, 1.82) is 0 Å². The highest BCUT2D eigenvalue weighted by molar-refractivity contribution is 9.10. The van der Waals surface area contributed by atoms with Gasteiger partial charge in [-0.15, -0.1) is 0 Å². The van der Waals surface area contributed by atoms with Gasteiger partial charge in [0.05, 0.1) is 5.25 Å². The average molecular weight is 288 g/mol. The number of carbonyl (C=O) groups is 1. The van der Waals surface area contributed by atoms with Crippen molar-refractivity contribution in [1.82, 2.24) is 0 Å². The molecule has 1 atom stereocenters. The third kappa shape index (κ3) is 3.24. The van der Waals surface area contributed by atoms with Gasteiger partial charge in [0.25, 0.3) is 0 Å². The van der Waals surface area contributed by atoms with Crippen LogP contribution in [0, 0.1) is 13.8 Å². The van der Waals surface area contributed by atoms with Crippen molar-refractivity contribution < 1.29 is 4.79 Å². The normalized spacial score (nSPS) is 12.3. The smallest absolute Gasteiger partial charge is 0.236 e. The Bertz CT molecular complexity index is 367. The monoisotopic (exact) mass is 287 g/mol. The zero-order chi connectivity index (χ0) is 11.6. The third-order valence-corrected chi connectivity index (χ3v) is 2.82. The van der Waals surface area contributed by atoms with Gasteiger partial charge in [-0.05, 0) is 44.0 Å². The zero-order valence-electron chi connectivity index (χ0n) is 8.97. The number of aryl methyl sites for hydroxylation is 2. The number of benzene rings is 1. The second kappa shape index (κ2) is 5.03. The number of thiol groups is 1. The molecule has 1 amide bonds. The summed E-state index contributed by atoms with van der Waals surface area (Å²) >= 11 is 7.51. The molecule has 0 saturated carbocycles. The Morgan fingerprint density at radius 2 is 1.87 bits per heavy atom. The minimum Gasteiger partial charge on any atom is -0.325 e. The fourth-order valence-electron chi connectivity index (χ4n) is 1.34. The maximum absolute atomic E-state index is 11.5. The van der Waals surface area contributed by atoms with Gasteiger partial charge in [0.2, 0.25) is 5.91 Å². The molecule has 0 aliphatic rings. The van der Waals surface area contributed by atoms with E-state index in [-0.39, 0.29) is 11.2 Å². The van der Waals surface area contributed by atoms with Crippen molar-refractivity contribution in [3.05, 3.63) is 27.7 Å². The fourth-order valence-corrected chi connectivity index (χ4v) is 2.09. The molecule has 1 unspecified atom stereocenters. The quantitative estimate of drug-likeness (QED) is 0.803. The molecule has 82 valence electrons. The van der Waals surface area contributed by atoms with E-state index in [1.54, 1.807) is 6.92 Å². The summed E-state index contributed by atoms with van der Waals surface area (Å²) in [5, 5.41) is 2.57. The van der Waals surface area contributed by atoms with Crippen LogP contribution >= 0.6 is 28.6 Å². The molecule has 0 fully saturated rings. The second-order valence-corrected chi connectivity index (χ2v) is 5.27. The molecule has 0 saturated heterocycles. The number of nitrogens with one attached hydrogen (secondary N) is 1. The van der Waals surface area contributed by atoms with Crippen molar-refractivity contribution in [3.63, 3.8) is 0 Å². The van der Waals surface area contributed by atoms with E-state index in [1.807, 2.05) is 26.0 Å². The Balaban J connectivity index is 3.00. The van der Waals surface area contributed by atoms with Crippen molar-refractivity contribution in [2.24, 2.45) is 0 Å². The number of carbonyl (C=O) groups excluding carboxylic acids is 1. The summed E-state index contributed by atoms with van der Waals surface area (Å²) in [7, 11) is 0. The van der Waals surface area contributed by atoms with Crippen LogP contribution in [0.1, 0.15) is 18.1 Å². The Kier molecular flexibility index (Phi) is 4.22. The minimum atomic E-state index is -0.299. The van der Waals surface area contributed by atoms with Gasteiger partial charge in [-0.3, -0.25) is 4.79 Å². The van der Waals surface area contributed by atoms with Gasteiger partial charge in [-0.25, -0.2) is 0 Å². The number of hydrogen-bond donors (Lipinski definition) is 2. The van der Waals surface area contributed by atoms with E-state index in [0.717, 1.165) is 21.3 Å². The van der Waals surface area contributed by atoms with Gasteiger partial charge in [-0.2, -0.15) is 12.6 Å². The first-order valence-corrected chi connectivity index (χ1v) is 5.98. The molecule has 1 aromatic carbocycles. The van der Waals surface area contributed by atoms with Crippen LogP contribution in [0.2, 0.25) is 0 Å². The zero-order valence-corrected chi connectivity index (χ0v) is 11.4. The molecule has 0 aliphatic heterocycles.